The highest BCUT2D eigenvalue weighted by Gasteiger charge is 2.18. The maximum Gasteiger partial charge on any atom is 0.512 e. The van der Waals surface area contributed by atoms with Crippen molar-refractivity contribution in [3.8, 4) is 0 Å². The van der Waals surface area contributed by atoms with Gasteiger partial charge in [-0.2, -0.15) is 9.78 Å². The lowest BCUT2D eigenvalue weighted by Crippen LogP contribution is -2.25. The standard InChI is InChI=1S/C13H26O7/c1-7-12(3,4)19-17-9-15-11(14)16-10-18-20-13(5,6)8-2/h7-10H2,1-6H3. The second-order valence-corrected chi connectivity index (χ2v) is 5.40. The molecule has 0 fully saturated rings. The summed E-state index contributed by atoms with van der Waals surface area (Å²) in [4.78, 5) is 30.7. The van der Waals surface area contributed by atoms with E-state index in [0.29, 0.717) is 0 Å². The Bertz CT molecular complexity index is 250. The zero-order valence-corrected chi connectivity index (χ0v) is 13.2. The van der Waals surface area contributed by atoms with Crippen molar-refractivity contribution in [2.45, 2.75) is 65.6 Å². The lowest BCUT2D eigenvalue weighted by molar-refractivity contribution is -0.388. The largest absolute Gasteiger partial charge is 0.512 e. The molecule has 120 valence electrons. The van der Waals surface area contributed by atoms with Crippen LogP contribution in [0.25, 0.3) is 0 Å². The number of carbonyl (C=O) groups is 1. The van der Waals surface area contributed by atoms with Crippen molar-refractivity contribution in [1.29, 1.82) is 0 Å². The summed E-state index contributed by atoms with van der Waals surface area (Å²) in [6, 6.07) is 0. The molecule has 0 aliphatic rings. The van der Waals surface area contributed by atoms with Crippen LogP contribution >= 0.6 is 0 Å². The summed E-state index contributed by atoms with van der Waals surface area (Å²) in [5, 5.41) is 0. The number of ether oxygens (including phenoxy) is 2. The van der Waals surface area contributed by atoms with Crippen LogP contribution in [0.15, 0.2) is 0 Å². The van der Waals surface area contributed by atoms with Crippen molar-refractivity contribution in [3.63, 3.8) is 0 Å². The van der Waals surface area contributed by atoms with E-state index in [4.69, 9.17) is 19.6 Å². The first-order valence-corrected chi connectivity index (χ1v) is 6.63. The topological polar surface area (TPSA) is 72.5 Å². The van der Waals surface area contributed by atoms with Crippen LogP contribution in [0.4, 0.5) is 4.79 Å². The predicted octanol–water partition coefficient (Wildman–Crippen LogP) is 3.33. The van der Waals surface area contributed by atoms with Gasteiger partial charge in [0.1, 0.15) is 0 Å². The Hall–Kier alpha value is -0.890. The Morgan fingerprint density at radius 1 is 0.800 bits per heavy atom. The van der Waals surface area contributed by atoms with Crippen LogP contribution in [-0.4, -0.2) is 30.9 Å². The Morgan fingerprint density at radius 3 is 1.45 bits per heavy atom. The van der Waals surface area contributed by atoms with Crippen LogP contribution in [0, 0.1) is 0 Å². The molecule has 7 nitrogen and oxygen atoms in total. The normalized spacial score (nSPS) is 12.3. The smallest absolute Gasteiger partial charge is 0.404 e. The van der Waals surface area contributed by atoms with E-state index in [1.165, 1.54) is 0 Å². The number of carbonyl (C=O) groups excluding carboxylic acids is 1. The zero-order chi connectivity index (χ0) is 15.6. The first-order valence-electron chi connectivity index (χ1n) is 6.63. The van der Waals surface area contributed by atoms with Gasteiger partial charge in [-0.3, -0.25) is 0 Å². The quantitative estimate of drug-likeness (QED) is 0.201. The fraction of sp³-hybridized carbons (Fsp3) is 0.923. The summed E-state index contributed by atoms with van der Waals surface area (Å²) < 4.78 is 9.19. The van der Waals surface area contributed by atoms with E-state index in [9.17, 15) is 4.79 Å². The lowest BCUT2D eigenvalue weighted by Gasteiger charge is -2.21. The van der Waals surface area contributed by atoms with Crippen LogP contribution in [0.1, 0.15) is 54.4 Å². The Labute approximate surface area is 120 Å². The molecule has 7 heteroatoms. The lowest BCUT2D eigenvalue weighted by atomic mass is 10.1. The Kier molecular flexibility index (Phi) is 8.71. The van der Waals surface area contributed by atoms with Gasteiger partial charge in [-0.25, -0.2) is 14.6 Å². The minimum Gasteiger partial charge on any atom is -0.404 e. The van der Waals surface area contributed by atoms with Gasteiger partial charge in [0, 0.05) is 0 Å². The molecule has 0 spiro atoms. The van der Waals surface area contributed by atoms with Crippen molar-refractivity contribution in [2.75, 3.05) is 13.6 Å². The molecule has 0 N–H and O–H groups in total. The van der Waals surface area contributed by atoms with Gasteiger partial charge in [0.2, 0.25) is 13.6 Å². The molecular formula is C13H26O7. The summed E-state index contributed by atoms with van der Waals surface area (Å²) >= 11 is 0. The molecule has 0 aromatic heterocycles. The van der Waals surface area contributed by atoms with Crippen molar-refractivity contribution in [1.82, 2.24) is 0 Å². The van der Waals surface area contributed by atoms with E-state index in [0.717, 1.165) is 12.8 Å². The second kappa shape index (κ2) is 9.12. The molecule has 0 aromatic carbocycles. The highest BCUT2D eigenvalue weighted by Crippen LogP contribution is 2.14. The summed E-state index contributed by atoms with van der Waals surface area (Å²) in [6.45, 7) is 10.6. The fourth-order valence-electron chi connectivity index (χ4n) is 0.671. The molecule has 0 bridgehead atoms. The Balaban J connectivity index is 3.56. The molecule has 0 aliphatic heterocycles. The highest BCUT2D eigenvalue weighted by molar-refractivity contribution is 5.59. The molecule has 0 heterocycles. The third-order valence-electron chi connectivity index (χ3n) is 2.72. The van der Waals surface area contributed by atoms with E-state index >= 15 is 0 Å². The molecule has 20 heavy (non-hydrogen) atoms. The minimum absolute atomic E-state index is 0.358. The highest BCUT2D eigenvalue weighted by atomic mass is 17.2. The SMILES string of the molecule is CCC(C)(C)OOCOC(=O)OCOOC(C)(C)CC. The average molecular weight is 294 g/mol. The minimum atomic E-state index is -0.930. The van der Waals surface area contributed by atoms with Gasteiger partial charge in [-0.1, -0.05) is 13.8 Å². The summed E-state index contributed by atoms with van der Waals surface area (Å²) in [7, 11) is 0. The molecule has 0 rings (SSSR count). The third-order valence-corrected chi connectivity index (χ3v) is 2.72. The van der Waals surface area contributed by atoms with Crippen molar-refractivity contribution in [2.24, 2.45) is 0 Å². The summed E-state index contributed by atoms with van der Waals surface area (Å²) in [5.41, 5.74) is -0.869. The van der Waals surface area contributed by atoms with Crippen molar-refractivity contribution in [3.05, 3.63) is 0 Å². The van der Waals surface area contributed by atoms with Gasteiger partial charge in [0.05, 0.1) is 11.2 Å². The van der Waals surface area contributed by atoms with E-state index in [1.807, 2.05) is 41.5 Å². The maximum absolute atomic E-state index is 11.1. The number of rotatable bonds is 10. The molecule has 0 saturated carbocycles. The summed E-state index contributed by atoms with van der Waals surface area (Å²) in [6.07, 6.45) is 0.590. The molecule has 0 atom stereocenters. The molecule has 0 radical (unpaired) electrons. The van der Waals surface area contributed by atoms with E-state index in [-0.39, 0.29) is 13.6 Å². The van der Waals surface area contributed by atoms with Crippen LogP contribution in [0.5, 0.6) is 0 Å². The van der Waals surface area contributed by atoms with Gasteiger partial charge in [0.25, 0.3) is 0 Å². The van der Waals surface area contributed by atoms with Crippen molar-refractivity contribution >= 4 is 6.16 Å². The summed E-state index contributed by atoms with van der Waals surface area (Å²) in [5.74, 6) is 0. The molecule has 0 saturated heterocycles. The van der Waals surface area contributed by atoms with Crippen LogP contribution in [-0.2, 0) is 29.0 Å². The van der Waals surface area contributed by atoms with Crippen molar-refractivity contribution < 1.29 is 33.8 Å². The van der Waals surface area contributed by atoms with E-state index in [2.05, 4.69) is 9.47 Å². The van der Waals surface area contributed by atoms with Gasteiger partial charge in [0.15, 0.2) is 0 Å². The van der Waals surface area contributed by atoms with E-state index in [1.54, 1.807) is 0 Å². The van der Waals surface area contributed by atoms with Gasteiger partial charge < -0.3 is 9.47 Å². The zero-order valence-electron chi connectivity index (χ0n) is 13.2. The second-order valence-electron chi connectivity index (χ2n) is 5.40. The first kappa shape index (κ1) is 19.1. The van der Waals surface area contributed by atoms with Crippen LogP contribution < -0.4 is 0 Å². The molecule has 0 amide bonds. The molecule has 0 aromatic rings. The molecule has 0 aliphatic carbocycles. The van der Waals surface area contributed by atoms with Crippen LogP contribution in [0.2, 0.25) is 0 Å². The molecule has 0 unspecified atom stereocenters. The number of hydrogen-bond acceptors (Lipinski definition) is 7. The monoisotopic (exact) mass is 294 g/mol. The first-order chi connectivity index (χ1) is 9.22. The van der Waals surface area contributed by atoms with Gasteiger partial charge in [-0.15, -0.1) is 0 Å². The third kappa shape index (κ3) is 9.96. The molecular weight excluding hydrogens is 268 g/mol. The predicted molar refractivity (Wildman–Crippen MR) is 70.4 cm³/mol. The van der Waals surface area contributed by atoms with Crippen LogP contribution in [0.3, 0.4) is 0 Å². The van der Waals surface area contributed by atoms with Gasteiger partial charge >= 0.3 is 6.16 Å². The average Bonchev–Trinajstić information content (AvgIpc) is 2.40. The Morgan fingerprint density at radius 2 is 1.15 bits per heavy atom. The number of hydrogen-bond donors (Lipinski definition) is 0. The van der Waals surface area contributed by atoms with Gasteiger partial charge in [-0.05, 0) is 40.5 Å². The fourth-order valence-corrected chi connectivity index (χ4v) is 0.671. The van der Waals surface area contributed by atoms with E-state index < -0.39 is 17.4 Å². The maximum atomic E-state index is 11.1.